The predicted molar refractivity (Wildman–Crippen MR) is 121 cm³/mol. The Bertz CT molecular complexity index is 961. The summed E-state index contributed by atoms with van der Waals surface area (Å²) in [6.45, 7) is 9.82. The second-order valence-electron chi connectivity index (χ2n) is 7.40. The normalized spacial score (nSPS) is 12.5. The van der Waals surface area contributed by atoms with Crippen LogP contribution in [0.5, 0.6) is 0 Å². The van der Waals surface area contributed by atoms with Crippen LogP contribution in [0.15, 0.2) is 36.4 Å². The maximum atomic E-state index is 13.3. The fraction of sp³-hybridized carbons (Fsp3) is 0.435. The van der Waals surface area contributed by atoms with E-state index < -0.39 is 16.1 Å². The molecule has 1 N–H and O–H groups in total. The Balaban J connectivity index is 2.48. The van der Waals surface area contributed by atoms with E-state index in [4.69, 9.17) is 0 Å². The van der Waals surface area contributed by atoms with Gasteiger partial charge in [-0.2, -0.15) is 0 Å². The fourth-order valence-corrected chi connectivity index (χ4v) is 4.74. The number of carbonyl (C=O) groups is 1. The van der Waals surface area contributed by atoms with Crippen molar-refractivity contribution in [2.45, 2.75) is 59.9 Å². The minimum atomic E-state index is -3.66. The quantitative estimate of drug-likeness (QED) is 0.683. The highest BCUT2D eigenvalue weighted by Gasteiger charge is 2.32. The van der Waals surface area contributed by atoms with Gasteiger partial charge in [0.25, 0.3) is 0 Å². The van der Waals surface area contributed by atoms with Gasteiger partial charge in [-0.25, -0.2) is 8.42 Å². The van der Waals surface area contributed by atoms with Gasteiger partial charge in [-0.05, 0) is 67.5 Å². The van der Waals surface area contributed by atoms with Crippen LogP contribution in [0.3, 0.4) is 0 Å². The molecule has 2 aromatic rings. The Morgan fingerprint density at radius 3 is 2.03 bits per heavy atom. The molecule has 1 amide bonds. The summed E-state index contributed by atoms with van der Waals surface area (Å²) >= 11 is 0. The van der Waals surface area contributed by atoms with E-state index in [-0.39, 0.29) is 5.91 Å². The van der Waals surface area contributed by atoms with Gasteiger partial charge in [0.15, 0.2) is 0 Å². The first-order chi connectivity index (χ1) is 13.6. The maximum absolute atomic E-state index is 13.3. The van der Waals surface area contributed by atoms with Gasteiger partial charge in [0, 0.05) is 5.69 Å². The average molecular weight is 417 g/mol. The first-order valence-electron chi connectivity index (χ1n) is 10.1. The predicted octanol–water partition coefficient (Wildman–Crippen LogP) is 4.61. The average Bonchev–Trinajstić information content (AvgIpc) is 2.67. The molecule has 2 rings (SSSR count). The van der Waals surface area contributed by atoms with Crippen molar-refractivity contribution in [1.82, 2.24) is 0 Å². The number of rotatable bonds is 8. The number of nitrogens with one attached hydrogen (secondary N) is 1. The van der Waals surface area contributed by atoms with Crippen molar-refractivity contribution < 1.29 is 13.2 Å². The van der Waals surface area contributed by atoms with Gasteiger partial charge in [0.1, 0.15) is 6.04 Å². The van der Waals surface area contributed by atoms with Gasteiger partial charge >= 0.3 is 0 Å². The molecule has 0 aliphatic carbocycles. The monoisotopic (exact) mass is 416 g/mol. The highest BCUT2D eigenvalue weighted by atomic mass is 32.2. The lowest BCUT2D eigenvalue weighted by Gasteiger charge is -2.31. The number of benzene rings is 2. The topological polar surface area (TPSA) is 66.5 Å². The molecule has 0 aromatic heterocycles. The molecule has 0 bridgehead atoms. The maximum Gasteiger partial charge on any atom is 0.248 e. The summed E-state index contributed by atoms with van der Waals surface area (Å²) in [6, 6.07) is 10.6. The number of sulfonamides is 1. The van der Waals surface area contributed by atoms with E-state index in [1.54, 1.807) is 6.07 Å². The number of aryl methyl sites for hydroxylation is 4. The molecule has 1 atom stereocenters. The second kappa shape index (κ2) is 9.44. The van der Waals surface area contributed by atoms with Crippen molar-refractivity contribution >= 4 is 27.3 Å². The molecule has 5 nitrogen and oxygen atoms in total. The Hall–Kier alpha value is -2.34. The van der Waals surface area contributed by atoms with Crippen LogP contribution in [0.25, 0.3) is 0 Å². The van der Waals surface area contributed by atoms with E-state index >= 15 is 0 Å². The molecule has 0 saturated carbocycles. The minimum absolute atomic E-state index is 0.313. The van der Waals surface area contributed by atoms with Crippen LogP contribution in [0.4, 0.5) is 11.4 Å². The zero-order valence-electron chi connectivity index (χ0n) is 18.2. The third-order valence-corrected chi connectivity index (χ3v) is 6.50. The number of anilines is 2. The molecule has 0 saturated heterocycles. The Morgan fingerprint density at radius 2 is 1.59 bits per heavy atom. The highest BCUT2D eigenvalue weighted by molar-refractivity contribution is 7.92. The van der Waals surface area contributed by atoms with Crippen molar-refractivity contribution in [1.29, 1.82) is 0 Å². The van der Waals surface area contributed by atoms with E-state index in [1.165, 1.54) is 4.31 Å². The Kier molecular flexibility index (Phi) is 7.47. The standard InChI is InChI=1S/C23H32N2O3S/c1-7-18-11-10-12-19(8-2)22(18)24-23(26)21(9-3)25(29(6,27)28)20-14-13-16(4)17(5)15-20/h10-15,21H,7-9H2,1-6H3,(H,24,26). The van der Waals surface area contributed by atoms with Crippen LogP contribution >= 0.6 is 0 Å². The molecular formula is C23H32N2O3S. The third-order valence-electron chi connectivity index (χ3n) is 5.32. The molecule has 1 unspecified atom stereocenters. The molecular weight excluding hydrogens is 384 g/mol. The molecule has 0 radical (unpaired) electrons. The number of hydrogen-bond donors (Lipinski definition) is 1. The molecule has 158 valence electrons. The highest BCUT2D eigenvalue weighted by Crippen LogP contribution is 2.27. The van der Waals surface area contributed by atoms with E-state index in [0.717, 1.165) is 47.0 Å². The first-order valence-corrected chi connectivity index (χ1v) is 12.0. The molecule has 29 heavy (non-hydrogen) atoms. The minimum Gasteiger partial charge on any atom is -0.324 e. The smallest absolute Gasteiger partial charge is 0.248 e. The van der Waals surface area contributed by atoms with Crippen molar-refractivity contribution in [3.63, 3.8) is 0 Å². The SMILES string of the molecule is CCc1cccc(CC)c1NC(=O)C(CC)N(c1ccc(C)c(C)c1)S(C)(=O)=O. The van der Waals surface area contributed by atoms with Crippen LogP contribution in [0, 0.1) is 13.8 Å². The van der Waals surface area contributed by atoms with Gasteiger partial charge in [-0.1, -0.05) is 45.0 Å². The van der Waals surface area contributed by atoms with Gasteiger partial charge in [-0.15, -0.1) is 0 Å². The summed E-state index contributed by atoms with van der Waals surface area (Å²) < 4.78 is 26.6. The first kappa shape index (κ1) is 22.9. The van der Waals surface area contributed by atoms with Crippen molar-refractivity contribution in [2.24, 2.45) is 0 Å². The van der Waals surface area contributed by atoms with E-state index in [1.807, 2.05) is 65.0 Å². The van der Waals surface area contributed by atoms with E-state index in [2.05, 4.69) is 5.32 Å². The summed E-state index contributed by atoms with van der Waals surface area (Å²) in [5.41, 5.74) is 5.46. The summed E-state index contributed by atoms with van der Waals surface area (Å²) in [6.07, 6.45) is 3.08. The Morgan fingerprint density at radius 1 is 1.00 bits per heavy atom. The van der Waals surface area contributed by atoms with Crippen LogP contribution < -0.4 is 9.62 Å². The number of carbonyl (C=O) groups excluding carboxylic acids is 1. The molecule has 0 aliphatic rings. The summed E-state index contributed by atoms with van der Waals surface area (Å²) in [4.78, 5) is 13.3. The number of amides is 1. The zero-order valence-corrected chi connectivity index (χ0v) is 19.1. The molecule has 0 heterocycles. The largest absolute Gasteiger partial charge is 0.324 e. The molecule has 0 aliphatic heterocycles. The number of para-hydroxylation sites is 1. The summed E-state index contributed by atoms with van der Waals surface area (Å²) in [7, 11) is -3.66. The number of hydrogen-bond acceptors (Lipinski definition) is 3. The van der Waals surface area contributed by atoms with Crippen LogP contribution in [0.2, 0.25) is 0 Å². The van der Waals surface area contributed by atoms with Gasteiger partial charge in [0.05, 0.1) is 11.9 Å². The van der Waals surface area contributed by atoms with Gasteiger partial charge in [0.2, 0.25) is 15.9 Å². The molecule has 6 heteroatoms. The molecule has 0 spiro atoms. The van der Waals surface area contributed by atoms with Gasteiger partial charge < -0.3 is 5.32 Å². The van der Waals surface area contributed by atoms with E-state index in [0.29, 0.717) is 12.1 Å². The van der Waals surface area contributed by atoms with Gasteiger partial charge in [-0.3, -0.25) is 9.10 Å². The fourth-order valence-electron chi connectivity index (χ4n) is 3.53. The molecule has 0 fully saturated rings. The lowest BCUT2D eigenvalue weighted by molar-refractivity contribution is -0.117. The summed E-state index contributed by atoms with van der Waals surface area (Å²) in [5.74, 6) is -0.313. The summed E-state index contributed by atoms with van der Waals surface area (Å²) in [5, 5.41) is 3.04. The third kappa shape index (κ3) is 5.18. The lowest BCUT2D eigenvalue weighted by atomic mass is 10.0. The van der Waals surface area contributed by atoms with Crippen LogP contribution in [-0.4, -0.2) is 26.6 Å². The van der Waals surface area contributed by atoms with Crippen molar-refractivity contribution in [3.8, 4) is 0 Å². The van der Waals surface area contributed by atoms with E-state index in [9.17, 15) is 13.2 Å². The number of nitrogens with zero attached hydrogens (tertiary/aromatic N) is 1. The van der Waals surface area contributed by atoms with Crippen LogP contribution in [0.1, 0.15) is 49.4 Å². The zero-order chi connectivity index (χ0) is 21.8. The van der Waals surface area contributed by atoms with Crippen LogP contribution in [-0.2, 0) is 27.7 Å². The lowest BCUT2D eigenvalue weighted by Crippen LogP contribution is -2.47. The molecule has 2 aromatic carbocycles. The van der Waals surface area contributed by atoms with Crippen molar-refractivity contribution in [2.75, 3.05) is 15.9 Å². The second-order valence-corrected chi connectivity index (χ2v) is 9.26. The Labute approximate surface area is 175 Å². The van der Waals surface area contributed by atoms with Crippen molar-refractivity contribution in [3.05, 3.63) is 58.7 Å².